The molecule has 1 aromatic heterocycles. The van der Waals surface area contributed by atoms with Crippen molar-refractivity contribution in [2.24, 2.45) is 5.73 Å². The number of H-pyrrole nitrogens is 1. The summed E-state index contributed by atoms with van der Waals surface area (Å²) in [6.45, 7) is 3.81. The van der Waals surface area contributed by atoms with Gasteiger partial charge in [-0.15, -0.1) is 0 Å². The topological polar surface area (TPSA) is 63.8 Å². The number of benzene rings is 1. The molecule has 0 radical (unpaired) electrons. The molecule has 0 unspecified atom stereocenters. The lowest BCUT2D eigenvalue weighted by atomic mass is 9.99. The summed E-state index contributed by atoms with van der Waals surface area (Å²) in [5.74, 6) is -0.372. The zero-order valence-corrected chi connectivity index (χ0v) is 11.7. The third-order valence-corrected chi connectivity index (χ3v) is 3.46. The number of carbonyl (C=O) groups is 1. The smallest absolute Gasteiger partial charge is 0.219 e. The van der Waals surface area contributed by atoms with Crippen molar-refractivity contribution in [3.05, 3.63) is 28.0 Å². The molecule has 2 aromatic rings. The van der Waals surface area contributed by atoms with Crippen molar-refractivity contribution in [1.82, 2.24) is 9.55 Å². The van der Waals surface area contributed by atoms with E-state index in [1.807, 2.05) is 30.5 Å². The number of hydrogen-bond acceptors (Lipinski definition) is 2. The molecule has 0 spiro atoms. The van der Waals surface area contributed by atoms with Crippen LogP contribution in [0, 0.1) is 4.77 Å². The number of hydrogen-bond donors (Lipinski definition) is 2. The molecular formula is C12H14ClN3OS. The summed E-state index contributed by atoms with van der Waals surface area (Å²) in [5, 5.41) is 0.595. The Balaban J connectivity index is 2.74. The van der Waals surface area contributed by atoms with Crippen LogP contribution in [0.5, 0.6) is 0 Å². The maximum absolute atomic E-state index is 11.2. The Hall–Kier alpha value is -1.33. The van der Waals surface area contributed by atoms with Gasteiger partial charge in [-0.1, -0.05) is 17.7 Å². The lowest BCUT2D eigenvalue weighted by Gasteiger charge is -2.26. The Morgan fingerprint density at radius 2 is 2.22 bits per heavy atom. The minimum Gasteiger partial charge on any atom is -0.370 e. The monoisotopic (exact) mass is 283 g/mol. The van der Waals surface area contributed by atoms with Gasteiger partial charge >= 0.3 is 0 Å². The fraction of sp³-hybridized carbons (Fsp3) is 0.333. The van der Waals surface area contributed by atoms with Gasteiger partial charge in [0.05, 0.1) is 21.6 Å². The summed E-state index contributed by atoms with van der Waals surface area (Å²) < 4.78 is 2.38. The van der Waals surface area contributed by atoms with Gasteiger partial charge in [-0.05, 0) is 38.2 Å². The second-order valence-corrected chi connectivity index (χ2v) is 5.65. The predicted molar refractivity (Wildman–Crippen MR) is 75.3 cm³/mol. The van der Waals surface area contributed by atoms with Crippen LogP contribution in [0.2, 0.25) is 5.02 Å². The zero-order valence-electron chi connectivity index (χ0n) is 10.2. The van der Waals surface area contributed by atoms with Crippen LogP contribution in [0.1, 0.15) is 20.3 Å². The lowest BCUT2D eigenvalue weighted by Crippen LogP contribution is -2.32. The van der Waals surface area contributed by atoms with Crippen molar-refractivity contribution in [2.75, 3.05) is 0 Å². The molecule has 0 saturated carbocycles. The molecule has 3 N–H and O–H groups in total. The maximum atomic E-state index is 11.2. The molecule has 1 amide bonds. The van der Waals surface area contributed by atoms with E-state index in [1.165, 1.54) is 0 Å². The molecule has 0 aliphatic carbocycles. The van der Waals surface area contributed by atoms with E-state index in [1.54, 1.807) is 6.07 Å². The molecule has 0 aliphatic heterocycles. The van der Waals surface area contributed by atoms with Gasteiger partial charge in [0.2, 0.25) is 5.91 Å². The van der Waals surface area contributed by atoms with Crippen LogP contribution in [-0.2, 0) is 10.3 Å². The van der Waals surface area contributed by atoms with E-state index in [0.29, 0.717) is 9.79 Å². The van der Waals surface area contributed by atoms with E-state index in [9.17, 15) is 4.79 Å². The number of nitrogens with two attached hydrogens (primary N) is 1. The summed E-state index contributed by atoms with van der Waals surface area (Å²) in [6, 6.07) is 5.54. The number of nitrogens with one attached hydrogen (secondary N) is 1. The first kappa shape index (κ1) is 13.1. The van der Waals surface area contributed by atoms with Gasteiger partial charge in [0.25, 0.3) is 0 Å². The van der Waals surface area contributed by atoms with Gasteiger partial charge in [-0.3, -0.25) is 4.79 Å². The van der Waals surface area contributed by atoms with Crippen LogP contribution in [0.25, 0.3) is 11.0 Å². The molecule has 1 aromatic carbocycles. The minimum absolute atomic E-state index is 0.194. The number of primary amides is 1. The van der Waals surface area contributed by atoms with E-state index in [4.69, 9.17) is 29.6 Å². The van der Waals surface area contributed by atoms with Gasteiger partial charge in [-0.2, -0.15) is 0 Å². The minimum atomic E-state index is -0.522. The average Bonchev–Trinajstić information content (AvgIpc) is 2.54. The lowest BCUT2D eigenvalue weighted by molar-refractivity contribution is -0.119. The standard InChI is InChI=1S/C12H14ClN3OS/c1-12(2,6-9(14)17)16-10-7(13)4-3-5-8(10)15-11(16)18/h3-5H,6H2,1-2H3,(H2,14,17)(H,15,18). The van der Waals surface area contributed by atoms with Gasteiger partial charge < -0.3 is 15.3 Å². The van der Waals surface area contributed by atoms with Gasteiger partial charge in [0.15, 0.2) is 4.77 Å². The molecule has 0 fully saturated rings. The molecule has 0 bridgehead atoms. The maximum Gasteiger partial charge on any atom is 0.219 e. The Morgan fingerprint density at radius 3 is 2.83 bits per heavy atom. The van der Waals surface area contributed by atoms with Crippen LogP contribution >= 0.6 is 23.8 Å². The Kier molecular flexibility index (Phi) is 3.21. The predicted octanol–water partition coefficient (Wildman–Crippen LogP) is 2.96. The highest BCUT2D eigenvalue weighted by atomic mass is 35.5. The highest BCUT2D eigenvalue weighted by Gasteiger charge is 2.26. The number of aromatic amines is 1. The van der Waals surface area contributed by atoms with Crippen LogP contribution < -0.4 is 5.73 Å². The van der Waals surface area contributed by atoms with E-state index in [-0.39, 0.29) is 12.3 Å². The highest BCUT2D eigenvalue weighted by molar-refractivity contribution is 7.71. The summed E-state index contributed by atoms with van der Waals surface area (Å²) in [4.78, 5) is 14.3. The largest absolute Gasteiger partial charge is 0.370 e. The molecular weight excluding hydrogens is 270 g/mol. The third kappa shape index (κ3) is 2.15. The van der Waals surface area contributed by atoms with E-state index in [0.717, 1.165) is 11.0 Å². The number of aromatic nitrogens is 2. The van der Waals surface area contributed by atoms with E-state index >= 15 is 0 Å². The Bertz CT molecular complexity index is 672. The van der Waals surface area contributed by atoms with E-state index < -0.39 is 5.54 Å². The first-order chi connectivity index (χ1) is 8.33. The first-order valence-corrected chi connectivity index (χ1v) is 6.29. The second kappa shape index (κ2) is 4.40. The summed E-state index contributed by atoms with van der Waals surface area (Å²) in [7, 11) is 0. The summed E-state index contributed by atoms with van der Waals surface area (Å²) in [6.07, 6.45) is 0.194. The second-order valence-electron chi connectivity index (χ2n) is 4.86. The average molecular weight is 284 g/mol. The molecule has 18 heavy (non-hydrogen) atoms. The fourth-order valence-electron chi connectivity index (χ4n) is 2.20. The van der Waals surface area contributed by atoms with Crippen LogP contribution in [0.3, 0.4) is 0 Å². The van der Waals surface area contributed by atoms with Crippen molar-refractivity contribution < 1.29 is 4.79 Å². The summed E-state index contributed by atoms with van der Waals surface area (Å²) in [5.41, 5.74) is 6.42. The van der Waals surface area contributed by atoms with Crippen molar-refractivity contribution in [3.63, 3.8) is 0 Å². The molecule has 4 nitrogen and oxygen atoms in total. The van der Waals surface area contributed by atoms with Gasteiger partial charge in [0, 0.05) is 6.42 Å². The summed E-state index contributed by atoms with van der Waals surface area (Å²) >= 11 is 11.5. The Morgan fingerprint density at radius 1 is 1.56 bits per heavy atom. The number of para-hydroxylation sites is 1. The number of amides is 1. The van der Waals surface area contributed by atoms with Crippen molar-refractivity contribution in [3.8, 4) is 0 Å². The molecule has 0 atom stereocenters. The Labute approximate surface area is 115 Å². The first-order valence-electron chi connectivity index (χ1n) is 5.51. The number of carbonyl (C=O) groups excluding carboxylic acids is 1. The number of fused-ring (bicyclic) bond motifs is 1. The molecule has 0 aliphatic rings. The molecule has 96 valence electrons. The zero-order chi connectivity index (χ0) is 13.5. The normalized spacial score (nSPS) is 11.9. The number of halogens is 1. The molecule has 1 heterocycles. The highest BCUT2D eigenvalue weighted by Crippen LogP contribution is 2.30. The van der Waals surface area contributed by atoms with Crippen LogP contribution in [0.15, 0.2) is 18.2 Å². The van der Waals surface area contributed by atoms with Crippen molar-refractivity contribution >= 4 is 40.8 Å². The number of rotatable bonds is 3. The van der Waals surface area contributed by atoms with Gasteiger partial charge in [0.1, 0.15) is 0 Å². The van der Waals surface area contributed by atoms with Gasteiger partial charge in [-0.25, -0.2) is 0 Å². The third-order valence-electron chi connectivity index (χ3n) is 2.87. The SMILES string of the molecule is CC(C)(CC(N)=O)n1c(=S)[nH]c2cccc(Cl)c21. The fourth-order valence-corrected chi connectivity index (χ4v) is 2.91. The van der Waals surface area contributed by atoms with Crippen LogP contribution in [0.4, 0.5) is 0 Å². The molecule has 6 heteroatoms. The van der Waals surface area contributed by atoms with Crippen LogP contribution in [-0.4, -0.2) is 15.5 Å². The van der Waals surface area contributed by atoms with Crippen molar-refractivity contribution in [2.45, 2.75) is 25.8 Å². The molecule has 2 rings (SSSR count). The van der Waals surface area contributed by atoms with Crippen molar-refractivity contribution in [1.29, 1.82) is 0 Å². The molecule has 0 saturated heterocycles. The van der Waals surface area contributed by atoms with E-state index in [2.05, 4.69) is 4.98 Å². The quantitative estimate of drug-likeness (QED) is 0.851. The number of nitrogens with zero attached hydrogens (tertiary/aromatic N) is 1. The number of imidazole rings is 1.